The third-order valence-electron chi connectivity index (χ3n) is 4.84. The van der Waals surface area contributed by atoms with Gasteiger partial charge in [0.1, 0.15) is 0 Å². The molecule has 2 aromatic heterocycles. The second-order valence-corrected chi connectivity index (χ2v) is 6.75. The van der Waals surface area contributed by atoms with Gasteiger partial charge in [0.15, 0.2) is 12.4 Å². The highest BCUT2D eigenvalue weighted by Crippen LogP contribution is 2.21. The van der Waals surface area contributed by atoms with E-state index in [1.165, 1.54) is 11.8 Å². The topological polar surface area (TPSA) is 84.6 Å². The van der Waals surface area contributed by atoms with Gasteiger partial charge in [-0.25, -0.2) is 9.48 Å². The summed E-state index contributed by atoms with van der Waals surface area (Å²) in [5, 5.41) is 4.26. The number of aromatic nitrogens is 3. The third-order valence-corrected chi connectivity index (χ3v) is 4.84. The Morgan fingerprint density at radius 3 is 2.50 bits per heavy atom. The highest BCUT2D eigenvalue weighted by molar-refractivity contribution is 6.00. The fraction of sp³-hybridized carbons (Fsp3) is 0.318. The molecule has 0 radical (unpaired) electrons. The van der Waals surface area contributed by atoms with Crippen LogP contribution in [0.25, 0.3) is 5.69 Å². The number of carbonyl (C=O) groups is 2. The number of methoxy groups -OCH3 is 2. The summed E-state index contributed by atoms with van der Waals surface area (Å²) in [6.45, 7) is 4.60. The Morgan fingerprint density at radius 1 is 1.10 bits per heavy atom. The summed E-state index contributed by atoms with van der Waals surface area (Å²) in [7, 11) is 3.08. The quantitative estimate of drug-likeness (QED) is 0.398. The van der Waals surface area contributed by atoms with Gasteiger partial charge in [0.05, 0.1) is 25.6 Å². The van der Waals surface area contributed by atoms with Crippen molar-refractivity contribution in [3.63, 3.8) is 0 Å². The van der Waals surface area contributed by atoms with Gasteiger partial charge in [-0.1, -0.05) is 18.2 Å². The van der Waals surface area contributed by atoms with Crippen molar-refractivity contribution >= 4 is 11.8 Å². The van der Waals surface area contributed by atoms with Crippen LogP contribution in [-0.4, -0.2) is 53.5 Å². The van der Waals surface area contributed by atoms with Gasteiger partial charge in [0.2, 0.25) is 11.5 Å². The molecule has 0 atom stereocenters. The van der Waals surface area contributed by atoms with Gasteiger partial charge < -0.3 is 18.8 Å². The number of rotatable bonds is 9. The first-order chi connectivity index (χ1) is 14.5. The lowest BCUT2D eigenvalue weighted by molar-refractivity contribution is 0.0465. The predicted molar refractivity (Wildman–Crippen MR) is 111 cm³/mol. The number of aryl methyl sites for hydroxylation is 1. The number of para-hydroxylation sites is 1. The SMILES string of the molecule is COCCn1c(C)cc(C(=O)COC(=O)c2nn(-c3ccccc3)cc2OC)c1C. The predicted octanol–water partition coefficient (Wildman–Crippen LogP) is 2.99. The van der Waals surface area contributed by atoms with Crippen molar-refractivity contribution in [3.8, 4) is 11.4 Å². The minimum Gasteiger partial charge on any atom is -0.493 e. The van der Waals surface area contributed by atoms with E-state index in [1.807, 2.05) is 48.7 Å². The van der Waals surface area contributed by atoms with E-state index in [9.17, 15) is 9.59 Å². The Morgan fingerprint density at radius 2 is 1.83 bits per heavy atom. The Labute approximate surface area is 175 Å². The van der Waals surface area contributed by atoms with E-state index >= 15 is 0 Å². The maximum Gasteiger partial charge on any atom is 0.363 e. The Bertz CT molecular complexity index is 1040. The minimum absolute atomic E-state index is 0.0136. The molecule has 0 spiro atoms. The van der Waals surface area contributed by atoms with Crippen LogP contribution in [0.1, 0.15) is 32.2 Å². The molecule has 0 amide bonds. The molecule has 3 rings (SSSR count). The van der Waals surface area contributed by atoms with Crippen molar-refractivity contribution in [2.75, 3.05) is 27.4 Å². The molecule has 0 aliphatic rings. The summed E-state index contributed by atoms with van der Waals surface area (Å²) in [6, 6.07) is 11.1. The molecule has 0 saturated carbocycles. The van der Waals surface area contributed by atoms with Crippen LogP contribution >= 0.6 is 0 Å². The highest BCUT2D eigenvalue weighted by atomic mass is 16.5. The molecule has 0 N–H and O–H groups in total. The number of hydrogen-bond donors (Lipinski definition) is 0. The molecular weight excluding hydrogens is 386 g/mol. The summed E-state index contributed by atoms with van der Waals surface area (Å²) < 4.78 is 19.1. The van der Waals surface area contributed by atoms with Gasteiger partial charge in [0, 0.05) is 30.6 Å². The van der Waals surface area contributed by atoms with Crippen molar-refractivity contribution in [1.29, 1.82) is 0 Å². The molecule has 0 unspecified atom stereocenters. The smallest absolute Gasteiger partial charge is 0.363 e. The first-order valence-electron chi connectivity index (χ1n) is 9.51. The second-order valence-electron chi connectivity index (χ2n) is 6.75. The molecule has 0 fully saturated rings. The number of nitrogens with zero attached hydrogens (tertiary/aromatic N) is 3. The maximum absolute atomic E-state index is 12.6. The fourth-order valence-electron chi connectivity index (χ4n) is 3.25. The van der Waals surface area contributed by atoms with Crippen molar-refractivity contribution in [2.24, 2.45) is 0 Å². The molecule has 0 aliphatic carbocycles. The van der Waals surface area contributed by atoms with Crippen molar-refractivity contribution in [2.45, 2.75) is 20.4 Å². The lowest BCUT2D eigenvalue weighted by Gasteiger charge is -2.09. The average molecular weight is 411 g/mol. The third kappa shape index (κ3) is 4.44. The van der Waals surface area contributed by atoms with Crippen LogP contribution < -0.4 is 4.74 Å². The summed E-state index contributed by atoms with van der Waals surface area (Å²) in [4.78, 5) is 25.2. The van der Waals surface area contributed by atoms with Crippen molar-refractivity contribution in [3.05, 3.63) is 65.2 Å². The zero-order valence-electron chi connectivity index (χ0n) is 17.5. The molecule has 8 heteroatoms. The first-order valence-corrected chi connectivity index (χ1v) is 9.51. The normalized spacial score (nSPS) is 10.8. The zero-order valence-corrected chi connectivity index (χ0v) is 17.5. The first kappa shape index (κ1) is 21.3. The molecule has 0 bridgehead atoms. The van der Waals surface area contributed by atoms with Gasteiger partial charge >= 0.3 is 5.97 Å². The van der Waals surface area contributed by atoms with Gasteiger partial charge in [-0.3, -0.25) is 4.79 Å². The molecule has 0 saturated heterocycles. The van der Waals surface area contributed by atoms with E-state index in [2.05, 4.69) is 5.10 Å². The highest BCUT2D eigenvalue weighted by Gasteiger charge is 2.22. The van der Waals surface area contributed by atoms with E-state index in [4.69, 9.17) is 14.2 Å². The molecule has 8 nitrogen and oxygen atoms in total. The molecular formula is C22H25N3O5. The van der Waals surface area contributed by atoms with E-state index in [-0.39, 0.29) is 23.8 Å². The summed E-state index contributed by atoms with van der Waals surface area (Å²) in [5.41, 5.74) is 3.08. The van der Waals surface area contributed by atoms with Crippen molar-refractivity contribution < 1.29 is 23.8 Å². The van der Waals surface area contributed by atoms with E-state index < -0.39 is 5.97 Å². The monoisotopic (exact) mass is 411 g/mol. The van der Waals surface area contributed by atoms with Gasteiger partial charge in [-0.15, -0.1) is 0 Å². The Balaban J connectivity index is 1.72. The number of ketones is 1. The van der Waals surface area contributed by atoms with Crippen LogP contribution in [0.15, 0.2) is 42.6 Å². The number of hydrogen-bond acceptors (Lipinski definition) is 6. The lowest BCUT2D eigenvalue weighted by Crippen LogP contribution is -2.16. The van der Waals surface area contributed by atoms with Gasteiger partial charge in [-0.05, 0) is 32.0 Å². The Hall–Kier alpha value is -3.39. The van der Waals surface area contributed by atoms with E-state index in [0.29, 0.717) is 18.7 Å². The van der Waals surface area contributed by atoms with Crippen LogP contribution in [0.2, 0.25) is 0 Å². The molecule has 158 valence electrons. The van der Waals surface area contributed by atoms with Gasteiger partial charge in [0.25, 0.3) is 0 Å². The number of ether oxygens (including phenoxy) is 3. The van der Waals surface area contributed by atoms with Crippen LogP contribution in [0.4, 0.5) is 0 Å². The lowest BCUT2D eigenvalue weighted by atomic mass is 10.1. The van der Waals surface area contributed by atoms with E-state index in [0.717, 1.165) is 17.1 Å². The van der Waals surface area contributed by atoms with Gasteiger partial charge in [-0.2, -0.15) is 5.10 Å². The van der Waals surface area contributed by atoms with Crippen LogP contribution in [0, 0.1) is 13.8 Å². The minimum atomic E-state index is -0.719. The second kappa shape index (κ2) is 9.41. The fourth-order valence-corrected chi connectivity index (χ4v) is 3.25. The number of benzene rings is 1. The largest absolute Gasteiger partial charge is 0.493 e. The van der Waals surface area contributed by atoms with Crippen LogP contribution in [-0.2, 0) is 16.0 Å². The van der Waals surface area contributed by atoms with E-state index in [1.54, 1.807) is 19.4 Å². The van der Waals surface area contributed by atoms with Crippen molar-refractivity contribution in [1.82, 2.24) is 14.3 Å². The molecule has 0 aliphatic heterocycles. The van der Waals surface area contributed by atoms with Crippen LogP contribution in [0.5, 0.6) is 5.75 Å². The maximum atomic E-state index is 12.6. The number of Topliss-reactive ketones (excluding diaryl/α,β-unsaturated/α-hetero) is 1. The number of esters is 1. The van der Waals surface area contributed by atoms with Crippen LogP contribution in [0.3, 0.4) is 0 Å². The summed E-state index contributed by atoms with van der Waals surface area (Å²) in [6.07, 6.45) is 1.59. The number of carbonyl (C=O) groups excluding carboxylic acids is 2. The summed E-state index contributed by atoms with van der Waals surface area (Å²) >= 11 is 0. The molecule has 1 aromatic carbocycles. The molecule has 2 heterocycles. The Kier molecular flexibility index (Phi) is 6.68. The average Bonchev–Trinajstić information content (AvgIpc) is 3.32. The molecule has 3 aromatic rings. The zero-order chi connectivity index (χ0) is 21.7. The summed E-state index contributed by atoms with van der Waals surface area (Å²) in [5.74, 6) is -0.723. The standard InChI is InChI=1S/C22H25N3O5/c1-15-12-18(16(2)24(15)10-11-28-3)19(26)14-30-22(27)21-20(29-4)13-25(23-21)17-8-6-5-7-9-17/h5-9,12-13H,10-11,14H2,1-4H3. The molecule has 30 heavy (non-hydrogen) atoms.